The van der Waals surface area contributed by atoms with E-state index in [1.165, 1.54) is 6.07 Å². The summed E-state index contributed by atoms with van der Waals surface area (Å²) in [6.45, 7) is 2.41. The van der Waals surface area contributed by atoms with Gasteiger partial charge in [0.05, 0.1) is 5.69 Å². The molecule has 22 heavy (non-hydrogen) atoms. The number of carbonyl (C=O) groups excluding carboxylic acids is 1. The molecule has 0 radical (unpaired) electrons. The zero-order valence-electron chi connectivity index (χ0n) is 12.2. The quantitative estimate of drug-likeness (QED) is 0.924. The number of nitrogens with zero attached hydrogens (tertiary/aromatic N) is 2. The van der Waals surface area contributed by atoms with Gasteiger partial charge in [-0.3, -0.25) is 0 Å². The summed E-state index contributed by atoms with van der Waals surface area (Å²) in [6, 6.07) is 16.0. The van der Waals surface area contributed by atoms with E-state index in [9.17, 15) is 9.18 Å². The number of rotatable bonds is 2. The Labute approximate surface area is 129 Å². The Morgan fingerprint density at radius 3 is 2.23 bits per heavy atom. The molecular formula is C17H18FN3O. The normalized spacial score (nSPS) is 14.8. The van der Waals surface area contributed by atoms with Crippen molar-refractivity contribution in [2.75, 3.05) is 36.4 Å². The Morgan fingerprint density at radius 1 is 0.909 bits per heavy atom. The van der Waals surface area contributed by atoms with Gasteiger partial charge in [-0.1, -0.05) is 30.3 Å². The number of hydrogen-bond acceptors (Lipinski definition) is 2. The fourth-order valence-electron chi connectivity index (χ4n) is 2.58. The molecule has 1 aliphatic rings. The summed E-state index contributed by atoms with van der Waals surface area (Å²) in [6.07, 6.45) is 0. The van der Waals surface area contributed by atoms with Crippen molar-refractivity contribution in [3.63, 3.8) is 0 Å². The highest BCUT2D eigenvalue weighted by Gasteiger charge is 2.22. The molecular weight excluding hydrogens is 281 g/mol. The Bertz CT molecular complexity index is 639. The first-order valence-electron chi connectivity index (χ1n) is 7.34. The summed E-state index contributed by atoms with van der Waals surface area (Å²) in [5.41, 5.74) is 1.38. The molecule has 5 heteroatoms. The average Bonchev–Trinajstić information content (AvgIpc) is 2.56. The van der Waals surface area contributed by atoms with Crippen molar-refractivity contribution in [1.82, 2.24) is 4.90 Å². The molecule has 1 fully saturated rings. The van der Waals surface area contributed by atoms with Crippen LogP contribution in [0.15, 0.2) is 54.6 Å². The molecule has 1 N–H and O–H groups in total. The lowest BCUT2D eigenvalue weighted by molar-refractivity contribution is 0.208. The Morgan fingerprint density at radius 2 is 1.55 bits per heavy atom. The maximum Gasteiger partial charge on any atom is 0.321 e. The standard InChI is InChI=1S/C17H18FN3O/c18-15-8-4-5-9-16(15)20-10-12-21(13-11-20)17(22)19-14-6-2-1-3-7-14/h1-9H,10-13H2,(H,19,22). The summed E-state index contributed by atoms with van der Waals surface area (Å²) < 4.78 is 13.8. The first kappa shape index (κ1) is 14.4. The summed E-state index contributed by atoms with van der Waals surface area (Å²) in [5.74, 6) is -0.218. The van der Waals surface area contributed by atoms with Crippen LogP contribution in [0, 0.1) is 5.82 Å². The van der Waals surface area contributed by atoms with Crippen LogP contribution < -0.4 is 10.2 Å². The molecule has 0 spiro atoms. The number of urea groups is 1. The van der Waals surface area contributed by atoms with Gasteiger partial charge in [-0.05, 0) is 24.3 Å². The number of anilines is 2. The van der Waals surface area contributed by atoms with Crippen LogP contribution in [0.5, 0.6) is 0 Å². The van der Waals surface area contributed by atoms with Crippen LogP contribution >= 0.6 is 0 Å². The summed E-state index contributed by atoms with van der Waals surface area (Å²) in [5, 5.41) is 2.87. The van der Waals surface area contributed by atoms with E-state index in [0.29, 0.717) is 31.9 Å². The van der Waals surface area contributed by atoms with E-state index in [1.54, 1.807) is 17.0 Å². The highest BCUT2D eigenvalue weighted by molar-refractivity contribution is 5.89. The third-order valence-corrected chi connectivity index (χ3v) is 3.79. The maximum absolute atomic E-state index is 13.8. The number of carbonyl (C=O) groups is 1. The number of benzene rings is 2. The van der Waals surface area contributed by atoms with Gasteiger partial charge in [-0.2, -0.15) is 0 Å². The Balaban J connectivity index is 1.58. The first-order valence-corrected chi connectivity index (χ1v) is 7.34. The fourth-order valence-corrected chi connectivity index (χ4v) is 2.58. The maximum atomic E-state index is 13.8. The predicted molar refractivity (Wildman–Crippen MR) is 85.6 cm³/mol. The van der Waals surface area contributed by atoms with Crippen LogP contribution in [0.25, 0.3) is 0 Å². The van der Waals surface area contributed by atoms with Gasteiger partial charge in [0.25, 0.3) is 0 Å². The van der Waals surface area contributed by atoms with E-state index in [0.717, 1.165) is 5.69 Å². The smallest absolute Gasteiger partial charge is 0.321 e. The van der Waals surface area contributed by atoms with E-state index in [1.807, 2.05) is 41.3 Å². The number of para-hydroxylation sites is 2. The topological polar surface area (TPSA) is 35.6 Å². The molecule has 0 saturated carbocycles. The summed E-state index contributed by atoms with van der Waals surface area (Å²) in [4.78, 5) is 15.9. The van der Waals surface area contributed by atoms with Gasteiger partial charge in [0.2, 0.25) is 0 Å². The van der Waals surface area contributed by atoms with Crippen molar-refractivity contribution in [3.8, 4) is 0 Å². The van der Waals surface area contributed by atoms with Gasteiger partial charge >= 0.3 is 6.03 Å². The van der Waals surface area contributed by atoms with Gasteiger partial charge in [-0.15, -0.1) is 0 Å². The van der Waals surface area contributed by atoms with Crippen LogP contribution in [-0.4, -0.2) is 37.1 Å². The molecule has 4 nitrogen and oxygen atoms in total. The molecule has 1 saturated heterocycles. The second-order valence-electron chi connectivity index (χ2n) is 5.22. The molecule has 114 valence electrons. The highest BCUT2D eigenvalue weighted by Crippen LogP contribution is 2.20. The number of amides is 2. The van der Waals surface area contributed by atoms with E-state index < -0.39 is 0 Å². The molecule has 3 rings (SSSR count). The molecule has 2 aromatic carbocycles. The second-order valence-corrected chi connectivity index (χ2v) is 5.22. The number of hydrogen-bond donors (Lipinski definition) is 1. The first-order chi connectivity index (χ1) is 10.7. The molecule has 0 aromatic heterocycles. The minimum Gasteiger partial charge on any atom is -0.366 e. The molecule has 1 heterocycles. The molecule has 0 aliphatic carbocycles. The van der Waals surface area contributed by atoms with E-state index in [4.69, 9.17) is 0 Å². The van der Waals surface area contributed by atoms with Crippen molar-refractivity contribution in [2.24, 2.45) is 0 Å². The molecule has 2 amide bonds. The van der Waals surface area contributed by atoms with Gasteiger partial charge in [0, 0.05) is 31.9 Å². The predicted octanol–water partition coefficient (Wildman–Crippen LogP) is 3.18. The molecule has 0 atom stereocenters. The zero-order valence-corrected chi connectivity index (χ0v) is 12.2. The van der Waals surface area contributed by atoms with Gasteiger partial charge < -0.3 is 15.1 Å². The van der Waals surface area contributed by atoms with Crippen molar-refractivity contribution < 1.29 is 9.18 Å². The second kappa shape index (κ2) is 6.47. The highest BCUT2D eigenvalue weighted by atomic mass is 19.1. The van der Waals surface area contributed by atoms with Gasteiger partial charge in [0.1, 0.15) is 5.82 Å². The van der Waals surface area contributed by atoms with Crippen LogP contribution in [0.3, 0.4) is 0 Å². The van der Waals surface area contributed by atoms with Gasteiger partial charge in [0.15, 0.2) is 0 Å². The van der Waals surface area contributed by atoms with Crippen LogP contribution in [0.2, 0.25) is 0 Å². The molecule has 1 aliphatic heterocycles. The summed E-state index contributed by atoms with van der Waals surface area (Å²) in [7, 11) is 0. The third kappa shape index (κ3) is 3.19. The minimum atomic E-state index is -0.218. The minimum absolute atomic E-state index is 0.112. The lowest BCUT2D eigenvalue weighted by Crippen LogP contribution is -2.50. The lowest BCUT2D eigenvalue weighted by Gasteiger charge is -2.36. The average molecular weight is 299 g/mol. The lowest BCUT2D eigenvalue weighted by atomic mass is 10.2. The molecule has 0 unspecified atom stereocenters. The van der Waals surface area contributed by atoms with Crippen LogP contribution in [0.1, 0.15) is 0 Å². The van der Waals surface area contributed by atoms with Crippen LogP contribution in [0.4, 0.5) is 20.6 Å². The SMILES string of the molecule is O=C(Nc1ccccc1)N1CCN(c2ccccc2F)CC1. The van der Waals surface area contributed by atoms with Crippen molar-refractivity contribution >= 4 is 17.4 Å². The number of halogens is 1. The number of nitrogens with one attached hydrogen (secondary N) is 1. The van der Waals surface area contributed by atoms with Gasteiger partial charge in [-0.25, -0.2) is 9.18 Å². The summed E-state index contributed by atoms with van der Waals surface area (Å²) >= 11 is 0. The van der Waals surface area contributed by atoms with Crippen molar-refractivity contribution in [3.05, 3.63) is 60.4 Å². The monoisotopic (exact) mass is 299 g/mol. The van der Waals surface area contributed by atoms with E-state index in [2.05, 4.69) is 5.32 Å². The van der Waals surface area contributed by atoms with Crippen molar-refractivity contribution in [1.29, 1.82) is 0 Å². The van der Waals surface area contributed by atoms with E-state index >= 15 is 0 Å². The molecule has 0 bridgehead atoms. The Hall–Kier alpha value is -2.56. The van der Waals surface area contributed by atoms with E-state index in [-0.39, 0.29) is 11.8 Å². The number of piperazine rings is 1. The largest absolute Gasteiger partial charge is 0.366 e. The third-order valence-electron chi connectivity index (χ3n) is 3.79. The van der Waals surface area contributed by atoms with Crippen LogP contribution in [-0.2, 0) is 0 Å². The van der Waals surface area contributed by atoms with Crippen molar-refractivity contribution in [2.45, 2.75) is 0 Å². The molecule has 2 aromatic rings. The zero-order chi connectivity index (χ0) is 15.4. The fraction of sp³-hybridized carbons (Fsp3) is 0.235. The Kier molecular flexibility index (Phi) is 4.23.